The molecule has 156 valence electrons. The number of para-hydroxylation sites is 1. The maximum atomic E-state index is 8.92. The van der Waals surface area contributed by atoms with Gasteiger partial charge in [0.1, 0.15) is 0 Å². The standard InChI is InChI=1S/C23H30N2O2S2/c1-28-19-7-8-23-21(17-19)25(20-5-2-3-6-22(20)29-23)12-4-11-24-13-9-18(10-14-24)27-16-15-26/h2-3,5-8,17-18,26H,4,9-16H2,1H3. The summed E-state index contributed by atoms with van der Waals surface area (Å²) in [6.07, 6.45) is 5.75. The van der Waals surface area contributed by atoms with Crippen LogP contribution in [0.25, 0.3) is 0 Å². The Kier molecular flexibility index (Phi) is 7.43. The van der Waals surface area contributed by atoms with E-state index in [1.165, 1.54) is 26.1 Å². The number of nitrogens with zero attached hydrogens (tertiary/aromatic N) is 2. The van der Waals surface area contributed by atoms with Crippen LogP contribution in [-0.4, -0.2) is 61.8 Å². The molecule has 1 fully saturated rings. The summed E-state index contributed by atoms with van der Waals surface area (Å²) in [7, 11) is 0. The molecule has 6 heteroatoms. The minimum Gasteiger partial charge on any atom is -0.394 e. The van der Waals surface area contributed by atoms with Gasteiger partial charge in [-0.05, 0) is 62.4 Å². The zero-order valence-electron chi connectivity index (χ0n) is 17.0. The Bertz CT molecular complexity index is 809. The normalized spacial score (nSPS) is 17.2. The van der Waals surface area contributed by atoms with Gasteiger partial charge in [0.15, 0.2) is 0 Å². The number of aliphatic hydroxyl groups excluding tert-OH is 1. The molecular formula is C23H30N2O2S2. The van der Waals surface area contributed by atoms with Crippen LogP contribution in [0.5, 0.6) is 0 Å². The van der Waals surface area contributed by atoms with Crippen LogP contribution in [0.4, 0.5) is 11.4 Å². The first kappa shape index (κ1) is 21.1. The Morgan fingerprint density at radius 3 is 2.66 bits per heavy atom. The predicted molar refractivity (Wildman–Crippen MR) is 123 cm³/mol. The Morgan fingerprint density at radius 1 is 1.07 bits per heavy atom. The van der Waals surface area contributed by atoms with Crippen molar-refractivity contribution >= 4 is 34.9 Å². The number of ether oxygens (including phenoxy) is 1. The monoisotopic (exact) mass is 430 g/mol. The number of likely N-dealkylation sites (tertiary alicyclic amines) is 1. The molecule has 4 nitrogen and oxygen atoms in total. The number of rotatable bonds is 8. The molecule has 2 aliphatic heterocycles. The third-order valence-corrected chi connectivity index (χ3v) is 7.52. The van der Waals surface area contributed by atoms with Gasteiger partial charge < -0.3 is 19.6 Å². The Labute approximate surface area is 182 Å². The van der Waals surface area contributed by atoms with Crippen molar-refractivity contribution < 1.29 is 9.84 Å². The van der Waals surface area contributed by atoms with Gasteiger partial charge >= 0.3 is 0 Å². The molecule has 0 radical (unpaired) electrons. The van der Waals surface area contributed by atoms with E-state index < -0.39 is 0 Å². The third kappa shape index (κ3) is 5.12. The summed E-state index contributed by atoms with van der Waals surface area (Å²) in [5, 5.41) is 8.92. The lowest BCUT2D eigenvalue weighted by Gasteiger charge is -2.35. The van der Waals surface area contributed by atoms with Crippen molar-refractivity contribution in [3.8, 4) is 0 Å². The molecule has 2 aromatic carbocycles. The zero-order valence-corrected chi connectivity index (χ0v) is 18.7. The van der Waals surface area contributed by atoms with Crippen LogP contribution in [-0.2, 0) is 4.74 Å². The van der Waals surface area contributed by atoms with Crippen LogP contribution in [0.1, 0.15) is 19.3 Å². The first-order chi connectivity index (χ1) is 14.3. The largest absolute Gasteiger partial charge is 0.394 e. The highest BCUT2D eigenvalue weighted by molar-refractivity contribution is 8.00. The van der Waals surface area contributed by atoms with Gasteiger partial charge in [0.25, 0.3) is 0 Å². The number of benzene rings is 2. The van der Waals surface area contributed by atoms with E-state index >= 15 is 0 Å². The molecule has 0 amide bonds. The molecule has 0 atom stereocenters. The van der Waals surface area contributed by atoms with Gasteiger partial charge in [0.2, 0.25) is 0 Å². The molecular weight excluding hydrogens is 400 g/mol. The minimum absolute atomic E-state index is 0.121. The van der Waals surface area contributed by atoms with Crippen LogP contribution in [0.2, 0.25) is 0 Å². The SMILES string of the molecule is CSc1ccc2c(c1)N(CCCN1CCC(OCCO)CC1)c1ccccc1S2. The first-order valence-electron chi connectivity index (χ1n) is 10.5. The zero-order chi connectivity index (χ0) is 20.1. The molecule has 0 aliphatic carbocycles. The van der Waals surface area contributed by atoms with Gasteiger partial charge in [0, 0.05) is 34.3 Å². The molecule has 2 aromatic rings. The van der Waals surface area contributed by atoms with Gasteiger partial charge in [0.05, 0.1) is 30.7 Å². The van der Waals surface area contributed by atoms with E-state index in [4.69, 9.17) is 9.84 Å². The molecule has 0 bridgehead atoms. The lowest BCUT2D eigenvalue weighted by Crippen LogP contribution is -2.38. The van der Waals surface area contributed by atoms with Crippen molar-refractivity contribution in [1.82, 2.24) is 4.90 Å². The first-order valence-corrected chi connectivity index (χ1v) is 12.5. The van der Waals surface area contributed by atoms with Crippen molar-refractivity contribution in [3.63, 3.8) is 0 Å². The number of hydrogen-bond acceptors (Lipinski definition) is 6. The van der Waals surface area contributed by atoms with E-state index in [-0.39, 0.29) is 6.61 Å². The summed E-state index contributed by atoms with van der Waals surface area (Å²) < 4.78 is 5.69. The summed E-state index contributed by atoms with van der Waals surface area (Å²) in [4.78, 5) is 9.08. The Hall–Kier alpha value is -1.18. The highest BCUT2D eigenvalue weighted by Gasteiger charge is 2.24. The van der Waals surface area contributed by atoms with Gasteiger partial charge in [-0.3, -0.25) is 0 Å². The van der Waals surface area contributed by atoms with E-state index in [0.717, 1.165) is 45.4 Å². The fraction of sp³-hybridized carbons (Fsp3) is 0.478. The molecule has 0 unspecified atom stereocenters. The molecule has 4 rings (SSSR count). The summed E-state index contributed by atoms with van der Waals surface area (Å²) in [5.74, 6) is 0. The average molecular weight is 431 g/mol. The van der Waals surface area contributed by atoms with E-state index in [9.17, 15) is 0 Å². The Morgan fingerprint density at radius 2 is 1.86 bits per heavy atom. The number of piperidine rings is 1. The number of hydrogen-bond donors (Lipinski definition) is 1. The maximum absolute atomic E-state index is 8.92. The molecule has 2 aliphatic rings. The average Bonchev–Trinajstić information content (AvgIpc) is 2.77. The lowest BCUT2D eigenvalue weighted by atomic mass is 10.1. The topological polar surface area (TPSA) is 35.9 Å². The van der Waals surface area contributed by atoms with Crippen molar-refractivity contribution in [2.75, 3.05) is 50.5 Å². The number of thioether (sulfide) groups is 1. The van der Waals surface area contributed by atoms with E-state index in [1.807, 2.05) is 11.8 Å². The van der Waals surface area contributed by atoms with Crippen LogP contribution in [0.15, 0.2) is 57.2 Å². The van der Waals surface area contributed by atoms with E-state index in [2.05, 4.69) is 58.5 Å². The van der Waals surface area contributed by atoms with Crippen molar-refractivity contribution in [3.05, 3.63) is 42.5 Å². The molecule has 0 saturated carbocycles. The van der Waals surface area contributed by atoms with Crippen LogP contribution < -0.4 is 4.90 Å². The van der Waals surface area contributed by atoms with Crippen molar-refractivity contribution in [1.29, 1.82) is 0 Å². The van der Waals surface area contributed by atoms with Crippen molar-refractivity contribution in [2.24, 2.45) is 0 Å². The lowest BCUT2D eigenvalue weighted by molar-refractivity contribution is -0.00770. The Balaban J connectivity index is 1.39. The molecule has 1 N–H and O–H groups in total. The summed E-state index contributed by atoms with van der Waals surface area (Å²) in [6.45, 7) is 4.93. The smallest absolute Gasteiger partial charge is 0.0701 e. The summed E-state index contributed by atoms with van der Waals surface area (Å²) in [5.41, 5.74) is 2.68. The summed E-state index contributed by atoms with van der Waals surface area (Å²) in [6, 6.07) is 15.6. The van der Waals surface area contributed by atoms with Gasteiger partial charge in [-0.15, -0.1) is 11.8 Å². The quantitative estimate of drug-likeness (QED) is 0.602. The molecule has 0 spiro atoms. The van der Waals surface area contributed by atoms with Crippen LogP contribution in [0, 0.1) is 0 Å². The fourth-order valence-electron chi connectivity index (χ4n) is 4.15. The van der Waals surface area contributed by atoms with E-state index in [0.29, 0.717) is 12.7 Å². The predicted octanol–water partition coefficient (Wildman–Crippen LogP) is 4.87. The second kappa shape index (κ2) is 10.2. The second-order valence-electron chi connectivity index (χ2n) is 7.54. The number of anilines is 2. The third-order valence-electron chi connectivity index (χ3n) is 5.67. The minimum atomic E-state index is 0.121. The van der Waals surface area contributed by atoms with Gasteiger partial charge in [-0.1, -0.05) is 23.9 Å². The van der Waals surface area contributed by atoms with Gasteiger partial charge in [-0.25, -0.2) is 0 Å². The number of aliphatic hydroxyl groups is 1. The van der Waals surface area contributed by atoms with Crippen LogP contribution >= 0.6 is 23.5 Å². The second-order valence-corrected chi connectivity index (χ2v) is 9.51. The maximum Gasteiger partial charge on any atom is 0.0701 e. The molecule has 2 heterocycles. The fourth-order valence-corrected chi connectivity index (χ4v) is 5.66. The number of fused-ring (bicyclic) bond motifs is 2. The molecule has 29 heavy (non-hydrogen) atoms. The molecule has 0 aromatic heterocycles. The van der Waals surface area contributed by atoms with Gasteiger partial charge in [-0.2, -0.15) is 0 Å². The molecule has 1 saturated heterocycles. The van der Waals surface area contributed by atoms with Crippen LogP contribution in [0.3, 0.4) is 0 Å². The highest BCUT2D eigenvalue weighted by Crippen LogP contribution is 2.48. The highest BCUT2D eigenvalue weighted by atomic mass is 32.2. The van der Waals surface area contributed by atoms with Crippen molar-refractivity contribution in [2.45, 2.75) is 40.1 Å². The summed E-state index contributed by atoms with van der Waals surface area (Å²) >= 11 is 3.69. The van der Waals surface area contributed by atoms with E-state index in [1.54, 1.807) is 11.8 Å².